The van der Waals surface area contributed by atoms with Crippen molar-refractivity contribution in [2.75, 3.05) is 11.2 Å². The third-order valence-electron chi connectivity index (χ3n) is 1.58. The van der Waals surface area contributed by atoms with Gasteiger partial charge in [-0.3, -0.25) is 4.79 Å². The van der Waals surface area contributed by atoms with Gasteiger partial charge in [0.15, 0.2) is 0 Å². The molecule has 0 spiro atoms. The zero-order chi connectivity index (χ0) is 9.84. The number of halogens is 2. The Kier molecular flexibility index (Phi) is 3.99. The minimum atomic E-state index is -0.179. The molecular weight excluding hydrogens is 300 g/mol. The minimum absolute atomic E-state index is 0.00947. The van der Waals surface area contributed by atoms with E-state index < -0.39 is 0 Å². The normalized spacial score (nSPS) is 9.77. The smallest absolute Gasteiger partial charge is 0.239 e. The van der Waals surface area contributed by atoms with Gasteiger partial charge in [0, 0.05) is 9.26 Å². The van der Waals surface area contributed by atoms with Crippen LogP contribution in [-0.2, 0) is 4.79 Å². The van der Waals surface area contributed by atoms with Crippen molar-refractivity contribution in [1.82, 2.24) is 0 Å². The highest BCUT2D eigenvalue weighted by Crippen LogP contribution is 2.16. The van der Waals surface area contributed by atoms with E-state index in [2.05, 4.69) is 27.9 Å². The highest BCUT2D eigenvalue weighted by Gasteiger charge is 2.01. The standard InChI is InChI=1S/C9H9ClINO/c1-6-2-3-7(4-8(6)11)12-9(13)5-10/h2-4H,5H2,1H3,(H,12,13). The number of amides is 1. The average Bonchev–Trinajstić information content (AvgIpc) is 2.11. The van der Waals surface area contributed by atoms with Crippen LogP contribution in [0, 0.1) is 10.5 Å². The second-order valence-corrected chi connectivity index (χ2v) is 4.08. The summed E-state index contributed by atoms with van der Waals surface area (Å²) in [6.45, 7) is 2.02. The highest BCUT2D eigenvalue weighted by atomic mass is 127. The van der Waals surface area contributed by atoms with Crippen LogP contribution in [0.15, 0.2) is 18.2 Å². The molecule has 0 saturated heterocycles. The van der Waals surface area contributed by atoms with Crippen molar-refractivity contribution in [3.05, 3.63) is 27.3 Å². The third kappa shape index (κ3) is 3.15. The van der Waals surface area contributed by atoms with E-state index in [0.717, 1.165) is 9.26 Å². The lowest BCUT2D eigenvalue weighted by Crippen LogP contribution is -2.12. The number of hydrogen-bond acceptors (Lipinski definition) is 1. The van der Waals surface area contributed by atoms with Gasteiger partial charge in [-0.25, -0.2) is 0 Å². The molecule has 0 saturated carbocycles. The van der Waals surface area contributed by atoms with E-state index in [4.69, 9.17) is 11.6 Å². The molecule has 0 atom stereocenters. The quantitative estimate of drug-likeness (QED) is 0.660. The van der Waals surface area contributed by atoms with Gasteiger partial charge in [-0.05, 0) is 47.2 Å². The van der Waals surface area contributed by atoms with E-state index in [9.17, 15) is 4.79 Å². The van der Waals surface area contributed by atoms with Gasteiger partial charge in [0.25, 0.3) is 0 Å². The summed E-state index contributed by atoms with van der Waals surface area (Å²) in [6, 6.07) is 5.74. The van der Waals surface area contributed by atoms with Crippen molar-refractivity contribution in [2.24, 2.45) is 0 Å². The first kappa shape index (κ1) is 10.8. The second-order valence-electron chi connectivity index (χ2n) is 2.65. The monoisotopic (exact) mass is 309 g/mol. The molecule has 0 bridgehead atoms. The van der Waals surface area contributed by atoms with Crippen LogP contribution >= 0.6 is 34.2 Å². The lowest BCUT2D eigenvalue weighted by atomic mass is 10.2. The number of nitrogens with one attached hydrogen (secondary N) is 1. The number of rotatable bonds is 2. The second kappa shape index (κ2) is 4.81. The van der Waals surface area contributed by atoms with E-state index in [1.165, 1.54) is 5.56 Å². The van der Waals surface area contributed by atoms with Crippen LogP contribution in [0.3, 0.4) is 0 Å². The van der Waals surface area contributed by atoms with Crippen molar-refractivity contribution in [2.45, 2.75) is 6.92 Å². The maximum Gasteiger partial charge on any atom is 0.239 e. The van der Waals surface area contributed by atoms with Gasteiger partial charge in [-0.1, -0.05) is 6.07 Å². The van der Waals surface area contributed by atoms with E-state index in [1.807, 2.05) is 25.1 Å². The molecule has 0 aliphatic heterocycles. The van der Waals surface area contributed by atoms with Crippen LogP contribution in [0.1, 0.15) is 5.56 Å². The first-order chi connectivity index (χ1) is 6.13. The minimum Gasteiger partial charge on any atom is -0.325 e. The molecule has 1 N–H and O–H groups in total. The van der Waals surface area contributed by atoms with Crippen molar-refractivity contribution >= 4 is 45.8 Å². The van der Waals surface area contributed by atoms with Gasteiger partial charge in [-0.2, -0.15) is 0 Å². The van der Waals surface area contributed by atoms with Crippen LogP contribution in [0.25, 0.3) is 0 Å². The molecule has 1 rings (SSSR count). The largest absolute Gasteiger partial charge is 0.325 e. The summed E-state index contributed by atoms with van der Waals surface area (Å²) in [7, 11) is 0. The highest BCUT2D eigenvalue weighted by molar-refractivity contribution is 14.1. The van der Waals surface area contributed by atoms with Crippen molar-refractivity contribution in [3.8, 4) is 0 Å². The van der Waals surface area contributed by atoms with E-state index >= 15 is 0 Å². The summed E-state index contributed by atoms with van der Waals surface area (Å²) in [5.74, 6) is -0.189. The summed E-state index contributed by atoms with van der Waals surface area (Å²) >= 11 is 7.58. The molecule has 0 aliphatic carbocycles. The van der Waals surface area contributed by atoms with Gasteiger partial charge in [0.05, 0.1) is 0 Å². The third-order valence-corrected chi connectivity index (χ3v) is 2.98. The molecule has 1 aromatic carbocycles. The Balaban J connectivity index is 2.79. The first-order valence-corrected chi connectivity index (χ1v) is 5.37. The Bertz CT molecular complexity index is 327. The number of benzene rings is 1. The molecule has 0 unspecified atom stereocenters. The van der Waals surface area contributed by atoms with Gasteiger partial charge in [0.2, 0.25) is 5.91 Å². The van der Waals surface area contributed by atoms with E-state index in [-0.39, 0.29) is 11.8 Å². The fraction of sp³-hybridized carbons (Fsp3) is 0.222. The lowest BCUT2D eigenvalue weighted by molar-refractivity contribution is -0.113. The summed E-state index contributed by atoms with van der Waals surface area (Å²) in [5, 5.41) is 2.68. The molecule has 1 aromatic rings. The average molecular weight is 310 g/mol. The molecule has 4 heteroatoms. The predicted octanol–water partition coefficient (Wildman–Crippen LogP) is 2.78. The topological polar surface area (TPSA) is 29.1 Å². The number of hydrogen-bond donors (Lipinski definition) is 1. The number of alkyl halides is 1. The van der Waals surface area contributed by atoms with E-state index in [1.54, 1.807) is 0 Å². The molecule has 0 fully saturated rings. The number of aryl methyl sites for hydroxylation is 1. The summed E-state index contributed by atoms with van der Waals surface area (Å²) in [4.78, 5) is 10.9. The molecule has 1 amide bonds. The molecule has 13 heavy (non-hydrogen) atoms. The van der Waals surface area contributed by atoms with Crippen molar-refractivity contribution < 1.29 is 4.79 Å². The number of carbonyl (C=O) groups excluding carboxylic acids is 1. The fourth-order valence-electron chi connectivity index (χ4n) is 0.865. The summed E-state index contributed by atoms with van der Waals surface area (Å²) in [6.07, 6.45) is 0. The predicted molar refractivity (Wildman–Crippen MR) is 63.2 cm³/mol. The van der Waals surface area contributed by atoms with Gasteiger partial charge in [-0.15, -0.1) is 11.6 Å². The lowest BCUT2D eigenvalue weighted by Gasteiger charge is -2.04. The zero-order valence-electron chi connectivity index (χ0n) is 7.10. The van der Waals surface area contributed by atoms with Crippen LogP contribution in [0.5, 0.6) is 0 Å². The molecule has 0 aromatic heterocycles. The molecule has 0 heterocycles. The van der Waals surface area contributed by atoms with Crippen LogP contribution in [0.2, 0.25) is 0 Å². The first-order valence-electron chi connectivity index (χ1n) is 3.75. The Morgan fingerprint density at radius 1 is 1.62 bits per heavy atom. The fourth-order valence-corrected chi connectivity index (χ4v) is 1.45. The Morgan fingerprint density at radius 3 is 2.85 bits per heavy atom. The molecule has 0 radical (unpaired) electrons. The van der Waals surface area contributed by atoms with Crippen molar-refractivity contribution in [1.29, 1.82) is 0 Å². The van der Waals surface area contributed by atoms with Gasteiger partial charge < -0.3 is 5.32 Å². The summed E-state index contributed by atoms with van der Waals surface area (Å²) in [5.41, 5.74) is 1.99. The van der Waals surface area contributed by atoms with Gasteiger partial charge in [0.1, 0.15) is 5.88 Å². The maximum absolute atomic E-state index is 10.9. The van der Waals surface area contributed by atoms with E-state index in [0.29, 0.717) is 0 Å². The summed E-state index contributed by atoms with van der Waals surface area (Å²) < 4.78 is 1.13. The Morgan fingerprint density at radius 2 is 2.31 bits per heavy atom. The Hall–Kier alpha value is -0.290. The zero-order valence-corrected chi connectivity index (χ0v) is 10.0. The van der Waals surface area contributed by atoms with Crippen LogP contribution in [-0.4, -0.2) is 11.8 Å². The molecule has 2 nitrogen and oxygen atoms in total. The van der Waals surface area contributed by atoms with Crippen LogP contribution < -0.4 is 5.32 Å². The molecule has 0 aliphatic rings. The SMILES string of the molecule is Cc1ccc(NC(=O)CCl)cc1I. The van der Waals surface area contributed by atoms with Crippen molar-refractivity contribution in [3.63, 3.8) is 0 Å². The maximum atomic E-state index is 10.9. The van der Waals surface area contributed by atoms with Gasteiger partial charge >= 0.3 is 0 Å². The molecular formula is C9H9ClINO. The molecule has 70 valence electrons. The number of carbonyl (C=O) groups is 1. The number of anilines is 1. The Labute approximate surface area is 95.8 Å². The van der Waals surface area contributed by atoms with Crippen LogP contribution in [0.4, 0.5) is 5.69 Å².